The molecule has 0 bridgehead atoms. The number of hydrogen-bond acceptors (Lipinski definition) is 8. The number of nitrogens with zero attached hydrogens (tertiary/aromatic N) is 3. The standard InChI is InChI=1S/C21H26N4O6S/c1-21(10-13-32(30,31)16-21)23(15-18-4-8-20(9-5-18)25(28)29)12-11-22-14-17-2-6-19(7-3-17)24(26)27/h2-9,22H,10-16H2,1H3/t21-/m1/s1. The van der Waals surface area contributed by atoms with Gasteiger partial charge in [-0.1, -0.05) is 24.3 Å². The number of nitro groups is 2. The Labute approximate surface area is 186 Å². The lowest BCUT2D eigenvalue weighted by Gasteiger charge is -2.38. The molecule has 1 atom stereocenters. The Morgan fingerprint density at radius 3 is 1.97 bits per heavy atom. The molecule has 2 aromatic carbocycles. The molecule has 1 saturated heterocycles. The molecule has 0 amide bonds. The molecule has 32 heavy (non-hydrogen) atoms. The van der Waals surface area contributed by atoms with Gasteiger partial charge in [0.05, 0.1) is 21.4 Å². The summed E-state index contributed by atoms with van der Waals surface area (Å²) in [6.45, 7) is 4.11. The van der Waals surface area contributed by atoms with Crippen molar-refractivity contribution in [2.24, 2.45) is 0 Å². The van der Waals surface area contributed by atoms with Gasteiger partial charge in [-0.2, -0.15) is 0 Å². The molecule has 1 N–H and O–H groups in total. The van der Waals surface area contributed by atoms with E-state index in [-0.39, 0.29) is 22.9 Å². The maximum atomic E-state index is 12.1. The zero-order chi connectivity index (χ0) is 23.4. The number of non-ortho nitro benzene ring substituents is 2. The van der Waals surface area contributed by atoms with E-state index in [4.69, 9.17) is 0 Å². The second kappa shape index (κ2) is 9.72. The van der Waals surface area contributed by atoms with Crippen LogP contribution in [-0.4, -0.2) is 53.3 Å². The van der Waals surface area contributed by atoms with E-state index in [2.05, 4.69) is 10.2 Å². The molecule has 0 radical (unpaired) electrons. The fourth-order valence-corrected chi connectivity index (χ4v) is 6.08. The number of sulfone groups is 1. The smallest absolute Gasteiger partial charge is 0.269 e. The highest BCUT2D eigenvalue weighted by Crippen LogP contribution is 2.31. The van der Waals surface area contributed by atoms with Crippen molar-refractivity contribution in [2.75, 3.05) is 24.6 Å². The van der Waals surface area contributed by atoms with Gasteiger partial charge in [0.25, 0.3) is 11.4 Å². The minimum Gasteiger partial charge on any atom is -0.311 e. The van der Waals surface area contributed by atoms with Crippen molar-refractivity contribution in [1.82, 2.24) is 10.2 Å². The van der Waals surface area contributed by atoms with Crippen molar-refractivity contribution in [3.8, 4) is 0 Å². The third-order valence-corrected chi connectivity index (χ3v) is 7.69. The van der Waals surface area contributed by atoms with Crippen LogP contribution >= 0.6 is 0 Å². The highest BCUT2D eigenvalue weighted by Gasteiger charge is 2.42. The Morgan fingerprint density at radius 1 is 0.969 bits per heavy atom. The van der Waals surface area contributed by atoms with Crippen LogP contribution < -0.4 is 5.32 Å². The lowest BCUT2D eigenvalue weighted by Crippen LogP contribution is -2.49. The minimum absolute atomic E-state index is 0.0136. The summed E-state index contributed by atoms with van der Waals surface area (Å²) in [5, 5.41) is 25.0. The van der Waals surface area contributed by atoms with Crippen LogP contribution in [0.25, 0.3) is 0 Å². The van der Waals surface area contributed by atoms with E-state index in [9.17, 15) is 28.6 Å². The van der Waals surface area contributed by atoms with Gasteiger partial charge in [-0.25, -0.2) is 8.42 Å². The van der Waals surface area contributed by atoms with Gasteiger partial charge in [-0.05, 0) is 24.5 Å². The van der Waals surface area contributed by atoms with Crippen molar-refractivity contribution in [1.29, 1.82) is 0 Å². The van der Waals surface area contributed by atoms with Gasteiger partial charge in [0.15, 0.2) is 9.84 Å². The fraction of sp³-hybridized carbons (Fsp3) is 0.429. The van der Waals surface area contributed by atoms with Gasteiger partial charge in [0, 0.05) is 56.0 Å². The third-order valence-electron chi connectivity index (χ3n) is 5.80. The first-order valence-corrected chi connectivity index (χ1v) is 12.0. The number of nitro benzene ring substituents is 2. The molecule has 11 heteroatoms. The van der Waals surface area contributed by atoms with Crippen molar-refractivity contribution in [2.45, 2.75) is 32.0 Å². The lowest BCUT2D eigenvalue weighted by atomic mass is 9.98. The van der Waals surface area contributed by atoms with Gasteiger partial charge in [-0.15, -0.1) is 0 Å². The highest BCUT2D eigenvalue weighted by molar-refractivity contribution is 7.91. The summed E-state index contributed by atoms with van der Waals surface area (Å²) in [6, 6.07) is 12.6. The summed E-state index contributed by atoms with van der Waals surface area (Å²) >= 11 is 0. The van der Waals surface area contributed by atoms with Crippen LogP contribution in [0, 0.1) is 20.2 Å². The Hall–Kier alpha value is -2.89. The van der Waals surface area contributed by atoms with E-state index in [1.54, 1.807) is 24.3 Å². The molecule has 172 valence electrons. The van der Waals surface area contributed by atoms with Gasteiger partial charge < -0.3 is 5.32 Å². The third kappa shape index (κ3) is 6.09. The molecular weight excluding hydrogens is 436 g/mol. The second-order valence-corrected chi connectivity index (χ2v) is 10.5. The molecular formula is C21H26N4O6S. The number of rotatable bonds is 10. The molecule has 1 aliphatic heterocycles. The maximum Gasteiger partial charge on any atom is 0.269 e. The summed E-state index contributed by atoms with van der Waals surface area (Å²) in [5.41, 5.74) is 1.32. The maximum absolute atomic E-state index is 12.1. The van der Waals surface area contributed by atoms with Crippen molar-refractivity contribution < 1.29 is 18.3 Å². The Morgan fingerprint density at radius 2 is 1.50 bits per heavy atom. The minimum atomic E-state index is -3.10. The summed E-state index contributed by atoms with van der Waals surface area (Å²) < 4.78 is 24.3. The van der Waals surface area contributed by atoms with Crippen LogP contribution in [0.2, 0.25) is 0 Å². The zero-order valence-electron chi connectivity index (χ0n) is 17.8. The van der Waals surface area contributed by atoms with Gasteiger partial charge in [-0.3, -0.25) is 25.1 Å². The molecule has 10 nitrogen and oxygen atoms in total. The van der Waals surface area contributed by atoms with Crippen LogP contribution in [0.1, 0.15) is 24.5 Å². The number of benzene rings is 2. The van der Waals surface area contributed by atoms with Crippen LogP contribution in [0.4, 0.5) is 11.4 Å². The number of nitrogens with one attached hydrogen (secondary N) is 1. The summed E-state index contributed by atoms with van der Waals surface area (Å²) in [7, 11) is -3.10. The van der Waals surface area contributed by atoms with E-state index in [1.165, 1.54) is 24.3 Å². The average Bonchev–Trinajstić information content (AvgIpc) is 3.04. The van der Waals surface area contributed by atoms with E-state index < -0.39 is 25.2 Å². The molecule has 1 fully saturated rings. The van der Waals surface area contributed by atoms with Crippen molar-refractivity contribution >= 4 is 21.2 Å². The molecule has 2 aromatic rings. The molecule has 0 unspecified atom stereocenters. The SMILES string of the molecule is C[C@@]1(N(CCNCc2ccc([N+](=O)[O-])cc2)Cc2ccc([N+](=O)[O-])cc2)CCS(=O)(=O)C1. The predicted molar refractivity (Wildman–Crippen MR) is 120 cm³/mol. The molecule has 1 aliphatic rings. The molecule has 0 aliphatic carbocycles. The van der Waals surface area contributed by atoms with Crippen LogP contribution in [-0.2, 0) is 22.9 Å². The van der Waals surface area contributed by atoms with Gasteiger partial charge in [0.2, 0.25) is 0 Å². The quantitative estimate of drug-likeness (QED) is 0.323. The Kier molecular flexibility index (Phi) is 7.22. The Balaban J connectivity index is 1.64. The van der Waals surface area contributed by atoms with Crippen LogP contribution in [0.15, 0.2) is 48.5 Å². The molecule has 3 rings (SSSR count). The highest BCUT2D eigenvalue weighted by atomic mass is 32.2. The monoisotopic (exact) mass is 462 g/mol. The molecule has 0 aromatic heterocycles. The fourth-order valence-electron chi connectivity index (χ4n) is 3.91. The normalized spacial score (nSPS) is 19.8. The molecule has 1 heterocycles. The average molecular weight is 463 g/mol. The predicted octanol–water partition coefficient (Wildman–Crippen LogP) is 2.67. The van der Waals surface area contributed by atoms with E-state index in [0.29, 0.717) is 32.6 Å². The van der Waals surface area contributed by atoms with Crippen LogP contribution in [0.3, 0.4) is 0 Å². The second-order valence-electron chi connectivity index (χ2n) is 8.28. The van der Waals surface area contributed by atoms with E-state index in [1.807, 2.05) is 6.92 Å². The van der Waals surface area contributed by atoms with E-state index in [0.717, 1.165) is 11.1 Å². The van der Waals surface area contributed by atoms with Crippen molar-refractivity contribution in [3.05, 3.63) is 79.9 Å². The summed E-state index contributed by atoms with van der Waals surface area (Å²) in [4.78, 5) is 22.9. The first kappa shape index (κ1) is 23.8. The van der Waals surface area contributed by atoms with Gasteiger partial charge >= 0.3 is 0 Å². The zero-order valence-corrected chi connectivity index (χ0v) is 18.6. The molecule has 0 spiro atoms. The Bertz CT molecular complexity index is 1070. The van der Waals surface area contributed by atoms with Gasteiger partial charge in [0.1, 0.15) is 0 Å². The first-order chi connectivity index (χ1) is 15.1. The van der Waals surface area contributed by atoms with Crippen LogP contribution in [0.5, 0.6) is 0 Å². The summed E-state index contributed by atoms with van der Waals surface area (Å²) in [5.74, 6) is 0.228. The lowest BCUT2D eigenvalue weighted by molar-refractivity contribution is -0.385. The molecule has 0 saturated carbocycles. The topological polar surface area (TPSA) is 136 Å². The largest absolute Gasteiger partial charge is 0.311 e. The number of hydrogen-bond donors (Lipinski definition) is 1. The first-order valence-electron chi connectivity index (χ1n) is 10.2. The summed E-state index contributed by atoms with van der Waals surface area (Å²) in [6.07, 6.45) is 0.532. The van der Waals surface area contributed by atoms with E-state index >= 15 is 0 Å². The van der Waals surface area contributed by atoms with Crippen molar-refractivity contribution in [3.63, 3.8) is 0 Å².